The summed E-state index contributed by atoms with van der Waals surface area (Å²) in [6.45, 7) is -1.07. The molecule has 1 aliphatic heterocycles. The second-order valence-corrected chi connectivity index (χ2v) is 6.16. The van der Waals surface area contributed by atoms with Crippen molar-refractivity contribution in [3.8, 4) is 0 Å². The summed E-state index contributed by atoms with van der Waals surface area (Å²) < 4.78 is 69.9. The molecule has 1 aromatic carbocycles. The lowest BCUT2D eigenvalue weighted by Gasteiger charge is -2.34. The Hall–Kier alpha value is -1.61. The van der Waals surface area contributed by atoms with Gasteiger partial charge in [0.2, 0.25) is 6.10 Å². The summed E-state index contributed by atoms with van der Waals surface area (Å²) in [5.41, 5.74) is 0.216. The van der Waals surface area contributed by atoms with Gasteiger partial charge in [0, 0.05) is 43.2 Å². The van der Waals surface area contributed by atoms with Gasteiger partial charge in [-0.05, 0) is 24.3 Å². The number of carbonyl (C=O) groups excluding carboxylic acids is 1. The van der Waals surface area contributed by atoms with Crippen LogP contribution in [0.5, 0.6) is 0 Å². The lowest BCUT2D eigenvalue weighted by atomic mass is 10.1. The fourth-order valence-corrected chi connectivity index (χ4v) is 2.44. The Bertz CT molecular complexity index is 585. The molecule has 0 aliphatic carbocycles. The van der Waals surface area contributed by atoms with Crippen LogP contribution in [0.15, 0.2) is 24.3 Å². The molecule has 0 unspecified atom stereocenters. The Kier molecular flexibility index (Phi) is 6.10. The van der Waals surface area contributed by atoms with Crippen molar-refractivity contribution in [1.29, 1.82) is 0 Å². The first kappa shape index (κ1) is 19.7. The van der Waals surface area contributed by atoms with Crippen LogP contribution < -0.4 is 5.32 Å². The van der Waals surface area contributed by atoms with Crippen LogP contribution >= 0.6 is 11.6 Å². The second-order valence-electron chi connectivity index (χ2n) is 5.72. The summed E-state index contributed by atoms with van der Waals surface area (Å²) in [7, 11) is 0. The lowest BCUT2D eigenvalue weighted by molar-refractivity contribution is -0.208. The van der Waals surface area contributed by atoms with Crippen LogP contribution in [0.1, 0.15) is 12.8 Å². The van der Waals surface area contributed by atoms with E-state index in [1.54, 1.807) is 0 Å². The molecule has 1 N–H and O–H groups in total. The zero-order valence-electron chi connectivity index (χ0n) is 13.0. The highest BCUT2D eigenvalue weighted by molar-refractivity contribution is 6.30. The van der Waals surface area contributed by atoms with Crippen molar-refractivity contribution >= 4 is 23.4 Å². The maximum Gasteiger partial charge on any atom is 0.426 e. The van der Waals surface area contributed by atoms with E-state index >= 15 is 0 Å². The van der Waals surface area contributed by atoms with Gasteiger partial charge in [-0.1, -0.05) is 11.6 Å². The number of ether oxygens (including phenoxy) is 1. The number of carbonyl (C=O) groups is 1. The van der Waals surface area contributed by atoms with Crippen LogP contribution in [0.3, 0.4) is 0 Å². The van der Waals surface area contributed by atoms with E-state index in [1.165, 1.54) is 29.2 Å². The third-order valence-corrected chi connectivity index (χ3v) is 3.97. The van der Waals surface area contributed by atoms with Gasteiger partial charge in [0.05, 0.1) is 0 Å². The van der Waals surface area contributed by atoms with Gasteiger partial charge < -0.3 is 4.74 Å². The molecule has 1 atom stereocenters. The summed E-state index contributed by atoms with van der Waals surface area (Å²) in [6.07, 6.45) is -9.54. The van der Waals surface area contributed by atoms with Crippen LogP contribution in [0.4, 0.5) is 32.4 Å². The van der Waals surface area contributed by atoms with E-state index in [2.05, 4.69) is 10.1 Å². The fraction of sp³-hybridized carbons (Fsp3) is 0.533. The van der Waals surface area contributed by atoms with Gasteiger partial charge in [-0.25, -0.2) is 13.6 Å². The minimum atomic E-state index is -4.81. The number of hydrogen-bond donors (Lipinski definition) is 1. The summed E-state index contributed by atoms with van der Waals surface area (Å²) in [5.74, 6) is -2.86. The predicted molar refractivity (Wildman–Crippen MR) is 82.0 cm³/mol. The summed E-state index contributed by atoms with van der Waals surface area (Å²) >= 11 is 5.67. The smallest absolute Gasteiger partial charge is 0.426 e. The number of benzene rings is 1. The second kappa shape index (κ2) is 7.74. The van der Waals surface area contributed by atoms with E-state index in [-0.39, 0.29) is 18.8 Å². The number of rotatable bonds is 4. The Morgan fingerprint density at radius 1 is 1.24 bits per heavy atom. The molecule has 1 amide bonds. The summed E-state index contributed by atoms with van der Waals surface area (Å²) in [5, 5.41) is 2.56. The molecule has 2 rings (SSSR count). The molecule has 1 aliphatic rings. The van der Waals surface area contributed by atoms with E-state index in [9.17, 15) is 26.7 Å². The van der Waals surface area contributed by atoms with E-state index in [4.69, 9.17) is 11.6 Å². The van der Waals surface area contributed by atoms with Crippen molar-refractivity contribution in [2.24, 2.45) is 0 Å². The molecule has 140 valence electrons. The number of piperidine rings is 1. The van der Waals surface area contributed by atoms with Crippen LogP contribution in [-0.4, -0.2) is 48.8 Å². The Labute approximate surface area is 145 Å². The molecule has 4 nitrogen and oxygen atoms in total. The Morgan fingerprint density at radius 3 is 2.32 bits per heavy atom. The van der Waals surface area contributed by atoms with E-state index < -0.39 is 43.7 Å². The summed E-state index contributed by atoms with van der Waals surface area (Å²) in [6, 6.07) is 5.70. The minimum Gasteiger partial charge on any atom is -0.435 e. The minimum absolute atomic E-state index is 0.193. The number of alkyl halides is 5. The first-order chi connectivity index (χ1) is 11.5. The fourth-order valence-electron chi connectivity index (χ4n) is 2.31. The lowest BCUT2D eigenvalue weighted by Crippen LogP contribution is -2.48. The van der Waals surface area contributed by atoms with Gasteiger partial charge in [0.15, 0.2) is 0 Å². The highest BCUT2D eigenvalue weighted by Crippen LogP contribution is 2.30. The highest BCUT2D eigenvalue weighted by atomic mass is 35.5. The standard InChI is InChI=1S/C15H16ClF5N2O2/c16-10-1-3-11(4-2-10)22-13(24)25-12(15(19,20)21)9-23-7-5-14(17,18)6-8-23/h1-4,12H,5-9H2,(H,22,24)/t12-/m0/s1. The molecule has 0 radical (unpaired) electrons. The predicted octanol–water partition coefficient (Wildman–Crippen LogP) is 4.55. The van der Waals surface area contributed by atoms with Gasteiger partial charge in [-0.3, -0.25) is 10.2 Å². The number of likely N-dealkylation sites (tertiary alicyclic amines) is 1. The van der Waals surface area contributed by atoms with Gasteiger partial charge in [-0.15, -0.1) is 0 Å². The van der Waals surface area contributed by atoms with Crippen LogP contribution in [-0.2, 0) is 4.74 Å². The maximum atomic E-state index is 13.1. The molecule has 1 fully saturated rings. The molecule has 0 spiro atoms. The van der Waals surface area contributed by atoms with Crippen molar-refractivity contribution in [2.45, 2.75) is 31.0 Å². The molecule has 0 aromatic heterocycles. The van der Waals surface area contributed by atoms with Crippen LogP contribution in [0.2, 0.25) is 5.02 Å². The largest absolute Gasteiger partial charge is 0.435 e. The van der Waals surface area contributed by atoms with E-state index in [0.717, 1.165) is 0 Å². The molecular weight excluding hydrogens is 371 g/mol. The number of nitrogens with one attached hydrogen (secondary N) is 1. The van der Waals surface area contributed by atoms with Gasteiger partial charge in [0.1, 0.15) is 0 Å². The molecule has 25 heavy (non-hydrogen) atoms. The molecule has 1 heterocycles. The average molecular weight is 387 g/mol. The molecule has 1 saturated heterocycles. The van der Waals surface area contributed by atoms with Crippen molar-refractivity contribution in [2.75, 3.05) is 25.0 Å². The number of amides is 1. The highest BCUT2D eigenvalue weighted by Gasteiger charge is 2.45. The maximum absolute atomic E-state index is 13.1. The quantitative estimate of drug-likeness (QED) is 0.772. The topological polar surface area (TPSA) is 41.6 Å². The SMILES string of the molecule is O=C(Nc1ccc(Cl)cc1)O[C@@H](CN1CCC(F)(F)CC1)C(F)(F)F. The van der Waals surface area contributed by atoms with Crippen molar-refractivity contribution in [1.82, 2.24) is 4.90 Å². The van der Waals surface area contributed by atoms with Crippen molar-refractivity contribution in [3.05, 3.63) is 29.3 Å². The molecular formula is C15H16ClF5N2O2. The van der Waals surface area contributed by atoms with Crippen LogP contribution in [0.25, 0.3) is 0 Å². The first-order valence-electron chi connectivity index (χ1n) is 7.45. The third-order valence-electron chi connectivity index (χ3n) is 3.72. The third kappa shape index (κ3) is 6.32. The molecule has 0 bridgehead atoms. The van der Waals surface area contributed by atoms with Gasteiger partial charge in [-0.2, -0.15) is 13.2 Å². The zero-order chi connectivity index (χ0) is 18.7. The Balaban J connectivity index is 1.93. The molecule has 1 aromatic rings. The monoisotopic (exact) mass is 386 g/mol. The van der Waals surface area contributed by atoms with Crippen molar-refractivity contribution < 1.29 is 31.5 Å². The van der Waals surface area contributed by atoms with Crippen LogP contribution in [0, 0.1) is 0 Å². The molecule has 10 heteroatoms. The number of halogens is 6. The Morgan fingerprint density at radius 2 is 1.80 bits per heavy atom. The average Bonchev–Trinajstić information content (AvgIpc) is 2.50. The number of hydrogen-bond acceptors (Lipinski definition) is 3. The summed E-state index contributed by atoms with van der Waals surface area (Å²) in [4.78, 5) is 12.9. The first-order valence-corrected chi connectivity index (χ1v) is 7.83. The van der Waals surface area contributed by atoms with E-state index in [1.807, 2.05) is 0 Å². The number of anilines is 1. The number of nitrogens with zero attached hydrogens (tertiary/aromatic N) is 1. The zero-order valence-corrected chi connectivity index (χ0v) is 13.7. The normalized spacial score (nSPS) is 19.3. The van der Waals surface area contributed by atoms with E-state index in [0.29, 0.717) is 5.02 Å². The van der Waals surface area contributed by atoms with Crippen molar-refractivity contribution in [3.63, 3.8) is 0 Å². The van der Waals surface area contributed by atoms with Gasteiger partial charge >= 0.3 is 12.3 Å². The molecule has 0 saturated carbocycles. The van der Waals surface area contributed by atoms with Gasteiger partial charge in [0.25, 0.3) is 5.92 Å².